The summed E-state index contributed by atoms with van der Waals surface area (Å²) in [6, 6.07) is 0. The normalized spacial score (nSPS) is 29.9. The fourth-order valence-corrected chi connectivity index (χ4v) is 5.67. The molecule has 1 amide bonds. The van der Waals surface area contributed by atoms with E-state index in [0.29, 0.717) is 16.7 Å². The van der Waals surface area contributed by atoms with Gasteiger partial charge in [-0.1, -0.05) is 19.3 Å². The van der Waals surface area contributed by atoms with Crippen LogP contribution in [0.5, 0.6) is 0 Å². The predicted molar refractivity (Wildman–Crippen MR) is 113 cm³/mol. The van der Waals surface area contributed by atoms with Crippen LogP contribution in [0.4, 0.5) is 0 Å². The summed E-state index contributed by atoms with van der Waals surface area (Å²) in [5.74, 6) is 0.362. The van der Waals surface area contributed by atoms with E-state index in [1.54, 1.807) is 0 Å². The highest BCUT2D eigenvalue weighted by molar-refractivity contribution is 5.78. The van der Waals surface area contributed by atoms with Gasteiger partial charge in [0, 0.05) is 26.1 Å². The molecule has 0 atom stereocenters. The lowest BCUT2D eigenvalue weighted by atomic mass is 9.33. The molecule has 0 spiro atoms. The Kier molecular flexibility index (Phi) is 6.23. The van der Waals surface area contributed by atoms with Crippen LogP contribution in [0.25, 0.3) is 0 Å². The van der Waals surface area contributed by atoms with Crippen molar-refractivity contribution in [2.45, 2.75) is 117 Å². The standard InChI is InChI=1S/C24H43NO3/c1-21(2,3)27-12-10-8-7-9-11-23-16-24(17-23,18-23)13-20(26)25-14-19(15-25)28-22(4,5)6/h19H,7-18H2,1-6H3. The minimum Gasteiger partial charge on any atom is -0.376 e. The van der Waals surface area contributed by atoms with E-state index in [1.165, 1.54) is 51.4 Å². The number of hydrogen-bond acceptors (Lipinski definition) is 3. The predicted octanol–water partition coefficient (Wildman–Crippen LogP) is 5.34. The van der Waals surface area contributed by atoms with Gasteiger partial charge in [-0.3, -0.25) is 4.79 Å². The topological polar surface area (TPSA) is 38.8 Å². The summed E-state index contributed by atoms with van der Waals surface area (Å²) in [5, 5.41) is 0. The number of hydrogen-bond donors (Lipinski definition) is 0. The zero-order valence-electron chi connectivity index (χ0n) is 19.2. The lowest BCUT2D eigenvalue weighted by molar-refractivity contribution is -0.217. The third-order valence-corrected chi connectivity index (χ3v) is 6.63. The van der Waals surface area contributed by atoms with Crippen LogP contribution in [0, 0.1) is 10.8 Å². The van der Waals surface area contributed by atoms with E-state index in [2.05, 4.69) is 41.5 Å². The second kappa shape index (κ2) is 7.91. The van der Waals surface area contributed by atoms with Crippen molar-refractivity contribution in [2.75, 3.05) is 19.7 Å². The van der Waals surface area contributed by atoms with Gasteiger partial charge >= 0.3 is 0 Å². The second-order valence-electron chi connectivity index (χ2n) is 12.0. The van der Waals surface area contributed by atoms with Crippen molar-refractivity contribution >= 4 is 5.91 Å². The van der Waals surface area contributed by atoms with Gasteiger partial charge in [-0.2, -0.15) is 0 Å². The summed E-state index contributed by atoms with van der Waals surface area (Å²) in [6.45, 7) is 15.1. The number of amides is 1. The molecule has 4 nitrogen and oxygen atoms in total. The number of nitrogens with zero attached hydrogens (tertiary/aromatic N) is 1. The molecule has 0 unspecified atom stereocenters. The molecule has 4 heteroatoms. The van der Waals surface area contributed by atoms with Gasteiger partial charge in [0.25, 0.3) is 0 Å². The summed E-state index contributed by atoms with van der Waals surface area (Å²) < 4.78 is 11.7. The summed E-state index contributed by atoms with van der Waals surface area (Å²) >= 11 is 0. The van der Waals surface area contributed by atoms with E-state index in [4.69, 9.17) is 9.47 Å². The SMILES string of the molecule is CC(C)(C)OCCCCCCC12CC(CC(=O)N3CC(OC(C)(C)C)C3)(C1)C2. The molecule has 2 bridgehead atoms. The molecule has 28 heavy (non-hydrogen) atoms. The Morgan fingerprint density at radius 1 is 0.893 bits per heavy atom. The third kappa shape index (κ3) is 5.72. The maximum atomic E-state index is 12.6. The van der Waals surface area contributed by atoms with E-state index in [9.17, 15) is 4.79 Å². The van der Waals surface area contributed by atoms with Gasteiger partial charge in [0.15, 0.2) is 0 Å². The van der Waals surface area contributed by atoms with Crippen molar-refractivity contribution in [3.05, 3.63) is 0 Å². The van der Waals surface area contributed by atoms with Crippen LogP contribution >= 0.6 is 0 Å². The first-order valence-corrected chi connectivity index (χ1v) is 11.5. The molecule has 3 aliphatic carbocycles. The van der Waals surface area contributed by atoms with Gasteiger partial charge in [-0.25, -0.2) is 0 Å². The number of likely N-dealkylation sites (tertiary alicyclic amines) is 1. The summed E-state index contributed by atoms with van der Waals surface area (Å²) in [5.41, 5.74) is 0.858. The highest BCUT2D eigenvalue weighted by Gasteiger charge is 2.67. The van der Waals surface area contributed by atoms with Crippen molar-refractivity contribution in [3.63, 3.8) is 0 Å². The van der Waals surface area contributed by atoms with E-state index < -0.39 is 0 Å². The average molecular weight is 394 g/mol. The molecule has 0 radical (unpaired) electrons. The fourth-order valence-electron chi connectivity index (χ4n) is 5.67. The van der Waals surface area contributed by atoms with Crippen LogP contribution in [0.2, 0.25) is 0 Å². The lowest BCUT2D eigenvalue weighted by Crippen LogP contribution is -2.64. The zero-order valence-corrected chi connectivity index (χ0v) is 19.2. The van der Waals surface area contributed by atoms with Gasteiger partial charge in [0.2, 0.25) is 5.91 Å². The monoisotopic (exact) mass is 393 g/mol. The van der Waals surface area contributed by atoms with E-state index >= 15 is 0 Å². The number of rotatable bonds is 10. The molecule has 1 heterocycles. The summed E-state index contributed by atoms with van der Waals surface area (Å²) in [7, 11) is 0. The van der Waals surface area contributed by atoms with Crippen LogP contribution in [0.15, 0.2) is 0 Å². The zero-order chi connectivity index (χ0) is 20.6. The average Bonchev–Trinajstić information content (AvgIpc) is 2.42. The first-order valence-electron chi connectivity index (χ1n) is 11.5. The molecule has 0 N–H and O–H groups in total. The molecule has 4 rings (SSSR count). The third-order valence-electron chi connectivity index (χ3n) is 6.63. The molecule has 0 aromatic rings. The molecule has 3 saturated carbocycles. The Balaban J connectivity index is 1.22. The minimum absolute atomic E-state index is 0.00579. The van der Waals surface area contributed by atoms with Crippen molar-refractivity contribution < 1.29 is 14.3 Å². The number of carbonyl (C=O) groups is 1. The Morgan fingerprint density at radius 3 is 2.07 bits per heavy atom. The summed E-state index contributed by atoms with van der Waals surface area (Å²) in [4.78, 5) is 14.6. The number of unbranched alkanes of at least 4 members (excludes halogenated alkanes) is 3. The Hall–Kier alpha value is -0.610. The van der Waals surface area contributed by atoms with Crippen LogP contribution in [0.3, 0.4) is 0 Å². The van der Waals surface area contributed by atoms with Crippen LogP contribution in [-0.4, -0.2) is 47.8 Å². The smallest absolute Gasteiger partial charge is 0.223 e. The van der Waals surface area contributed by atoms with Gasteiger partial charge < -0.3 is 14.4 Å². The highest BCUT2D eigenvalue weighted by Crippen LogP contribution is 2.76. The van der Waals surface area contributed by atoms with E-state index in [-0.39, 0.29) is 17.3 Å². The van der Waals surface area contributed by atoms with Crippen molar-refractivity contribution in [2.24, 2.45) is 10.8 Å². The minimum atomic E-state index is -0.111. The molecule has 1 saturated heterocycles. The largest absolute Gasteiger partial charge is 0.376 e. The molecule has 4 fully saturated rings. The first kappa shape index (κ1) is 22.1. The van der Waals surface area contributed by atoms with E-state index in [0.717, 1.165) is 26.1 Å². The molecule has 0 aromatic carbocycles. The Morgan fingerprint density at radius 2 is 1.50 bits per heavy atom. The number of ether oxygens (including phenoxy) is 2. The maximum absolute atomic E-state index is 12.6. The van der Waals surface area contributed by atoms with Crippen molar-refractivity contribution in [1.29, 1.82) is 0 Å². The van der Waals surface area contributed by atoms with E-state index in [1.807, 2.05) is 4.90 Å². The fraction of sp³-hybridized carbons (Fsp3) is 0.958. The van der Waals surface area contributed by atoms with Crippen molar-refractivity contribution in [3.8, 4) is 0 Å². The molecular weight excluding hydrogens is 350 g/mol. The first-order chi connectivity index (χ1) is 12.9. The molecule has 0 aromatic heterocycles. The van der Waals surface area contributed by atoms with Crippen LogP contribution in [0.1, 0.15) is 99.3 Å². The molecule has 1 aliphatic heterocycles. The molecule has 4 aliphatic rings. The highest BCUT2D eigenvalue weighted by atomic mass is 16.5. The van der Waals surface area contributed by atoms with Gasteiger partial charge in [0.1, 0.15) is 0 Å². The second-order valence-corrected chi connectivity index (χ2v) is 12.0. The van der Waals surface area contributed by atoms with Crippen LogP contribution < -0.4 is 0 Å². The quantitative estimate of drug-likeness (QED) is 0.470. The lowest BCUT2D eigenvalue weighted by Gasteiger charge is -2.71. The van der Waals surface area contributed by atoms with Gasteiger partial charge in [-0.15, -0.1) is 0 Å². The Labute approximate surface area is 172 Å². The van der Waals surface area contributed by atoms with Gasteiger partial charge in [-0.05, 0) is 84.5 Å². The molecular formula is C24H43NO3. The maximum Gasteiger partial charge on any atom is 0.223 e. The Bertz CT molecular complexity index is 531. The number of carbonyl (C=O) groups excluding carboxylic acids is 1. The van der Waals surface area contributed by atoms with Crippen molar-refractivity contribution in [1.82, 2.24) is 4.90 Å². The van der Waals surface area contributed by atoms with Crippen LogP contribution in [-0.2, 0) is 14.3 Å². The molecule has 162 valence electrons. The summed E-state index contributed by atoms with van der Waals surface area (Å²) in [6.07, 6.45) is 11.4. The van der Waals surface area contributed by atoms with Gasteiger partial charge in [0.05, 0.1) is 17.3 Å².